The normalized spacial score (nSPS) is 11.1. The number of hydrogen-bond acceptors (Lipinski definition) is 6. The zero-order valence-electron chi connectivity index (χ0n) is 16.5. The number of hydrogen-bond donors (Lipinski definition) is 1. The van der Waals surface area contributed by atoms with Crippen LogP contribution >= 0.6 is 11.8 Å². The van der Waals surface area contributed by atoms with E-state index in [4.69, 9.17) is 9.40 Å². The van der Waals surface area contributed by atoms with Crippen LogP contribution in [0.1, 0.15) is 34.7 Å². The van der Waals surface area contributed by atoms with Gasteiger partial charge in [-0.15, -0.1) is 0 Å². The van der Waals surface area contributed by atoms with E-state index in [1.165, 1.54) is 6.26 Å². The van der Waals surface area contributed by atoms with Crippen LogP contribution in [0.4, 0.5) is 5.69 Å². The van der Waals surface area contributed by atoms with Crippen molar-refractivity contribution >= 4 is 34.4 Å². The first-order chi connectivity index (χ1) is 14.0. The minimum atomic E-state index is -0.285. The summed E-state index contributed by atoms with van der Waals surface area (Å²) in [7, 11) is 0. The van der Waals surface area contributed by atoms with Crippen LogP contribution in [0.3, 0.4) is 0 Å². The molecular formula is C21H21N5O2S. The summed E-state index contributed by atoms with van der Waals surface area (Å²) in [5.74, 6) is 1.60. The Labute approximate surface area is 172 Å². The second-order valence-corrected chi connectivity index (χ2v) is 7.57. The first-order valence-corrected chi connectivity index (χ1v) is 10.3. The van der Waals surface area contributed by atoms with Crippen molar-refractivity contribution < 1.29 is 9.21 Å². The lowest BCUT2D eigenvalue weighted by atomic mass is 10.2. The van der Waals surface area contributed by atoms with E-state index in [9.17, 15) is 4.79 Å². The number of rotatable bonds is 6. The number of thioether (sulfide) groups is 1. The topological polar surface area (TPSA) is 85.8 Å². The van der Waals surface area contributed by atoms with Gasteiger partial charge in [-0.3, -0.25) is 4.79 Å². The van der Waals surface area contributed by atoms with Gasteiger partial charge in [-0.2, -0.15) is 0 Å². The van der Waals surface area contributed by atoms with Crippen molar-refractivity contribution in [2.24, 2.45) is 0 Å². The fourth-order valence-electron chi connectivity index (χ4n) is 3.21. The van der Waals surface area contributed by atoms with Crippen LogP contribution in [0.5, 0.6) is 0 Å². The quantitative estimate of drug-likeness (QED) is 0.371. The highest BCUT2D eigenvalue weighted by Gasteiger charge is 2.14. The number of aryl methyl sites for hydroxylation is 3. The number of anilines is 1. The lowest BCUT2D eigenvalue weighted by Crippen LogP contribution is -2.10. The molecule has 0 aliphatic rings. The predicted octanol–water partition coefficient (Wildman–Crippen LogP) is 4.60. The number of nitrogens with one attached hydrogen (secondary N) is 1. The van der Waals surface area contributed by atoms with Gasteiger partial charge in [0.1, 0.15) is 5.82 Å². The van der Waals surface area contributed by atoms with E-state index in [1.54, 1.807) is 23.9 Å². The molecule has 0 spiro atoms. The highest BCUT2D eigenvalue weighted by Crippen LogP contribution is 2.25. The van der Waals surface area contributed by atoms with Gasteiger partial charge in [0.2, 0.25) is 0 Å². The van der Waals surface area contributed by atoms with Gasteiger partial charge in [-0.1, -0.05) is 11.8 Å². The maximum absolute atomic E-state index is 12.2. The molecule has 3 heterocycles. The van der Waals surface area contributed by atoms with Gasteiger partial charge >= 0.3 is 0 Å². The Morgan fingerprint density at radius 2 is 1.93 bits per heavy atom. The van der Waals surface area contributed by atoms with Crippen molar-refractivity contribution in [2.75, 3.05) is 5.32 Å². The maximum atomic E-state index is 12.2. The minimum Gasteiger partial charge on any atom is -0.459 e. The standard InChI is InChI=1S/C21H21N5O2S/c1-4-26-17-8-7-15(24-20(27)18-6-5-9-28-18)11-16(17)25-19(26)12-29-21-22-13(2)10-14(3)23-21/h5-11H,4,12H2,1-3H3,(H,24,27). The Bertz CT molecular complexity index is 1150. The molecule has 1 aromatic carbocycles. The fourth-order valence-corrected chi connectivity index (χ4v) is 4.10. The monoisotopic (exact) mass is 407 g/mol. The molecule has 0 aliphatic carbocycles. The van der Waals surface area contributed by atoms with Crippen LogP contribution in [0.15, 0.2) is 52.2 Å². The molecule has 4 aromatic rings. The van der Waals surface area contributed by atoms with Crippen molar-refractivity contribution in [3.63, 3.8) is 0 Å². The number of amides is 1. The van der Waals surface area contributed by atoms with Crippen molar-refractivity contribution in [1.82, 2.24) is 19.5 Å². The smallest absolute Gasteiger partial charge is 0.291 e. The molecule has 1 amide bonds. The summed E-state index contributed by atoms with van der Waals surface area (Å²) in [5.41, 5.74) is 4.46. The summed E-state index contributed by atoms with van der Waals surface area (Å²) in [6, 6.07) is 11.0. The summed E-state index contributed by atoms with van der Waals surface area (Å²) < 4.78 is 7.31. The Kier molecular flexibility index (Phi) is 5.35. The largest absolute Gasteiger partial charge is 0.459 e. The van der Waals surface area contributed by atoms with E-state index in [0.29, 0.717) is 11.4 Å². The van der Waals surface area contributed by atoms with Crippen LogP contribution in [-0.4, -0.2) is 25.4 Å². The van der Waals surface area contributed by atoms with Gasteiger partial charge in [0.25, 0.3) is 5.91 Å². The van der Waals surface area contributed by atoms with Crippen molar-refractivity contribution in [3.8, 4) is 0 Å². The number of carbonyl (C=O) groups is 1. The molecule has 0 atom stereocenters. The van der Waals surface area contributed by atoms with E-state index < -0.39 is 0 Å². The third-order valence-electron chi connectivity index (χ3n) is 4.44. The predicted molar refractivity (Wildman–Crippen MR) is 113 cm³/mol. The molecule has 3 aromatic heterocycles. The van der Waals surface area contributed by atoms with Gasteiger partial charge in [0, 0.05) is 23.6 Å². The van der Waals surface area contributed by atoms with E-state index in [-0.39, 0.29) is 11.7 Å². The van der Waals surface area contributed by atoms with Gasteiger partial charge in [0.15, 0.2) is 10.9 Å². The van der Waals surface area contributed by atoms with Crippen LogP contribution in [0, 0.1) is 13.8 Å². The van der Waals surface area contributed by atoms with Gasteiger partial charge in [-0.25, -0.2) is 15.0 Å². The van der Waals surface area contributed by atoms with E-state index in [2.05, 4.69) is 26.8 Å². The Balaban J connectivity index is 1.57. The first-order valence-electron chi connectivity index (χ1n) is 9.32. The van der Waals surface area contributed by atoms with Crippen LogP contribution in [0.2, 0.25) is 0 Å². The highest BCUT2D eigenvalue weighted by molar-refractivity contribution is 7.98. The number of carbonyl (C=O) groups excluding carboxylic acids is 1. The van der Waals surface area contributed by atoms with Crippen LogP contribution in [-0.2, 0) is 12.3 Å². The molecule has 0 fully saturated rings. The second kappa shape index (κ2) is 8.08. The van der Waals surface area contributed by atoms with Crippen LogP contribution < -0.4 is 5.32 Å². The molecule has 148 valence electrons. The minimum absolute atomic E-state index is 0.273. The lowest BCUT2D eigenvalue weighted by molar-refractivity contribution is 0.0996. The number of nitrogens with zero attached hydrogens (tertiary/aromatic N) is 4. The molecule has 29 heavy (non-hydrogen) atoms. The van der Waals surface area contributed by atoms with Crippen molar-refractivity contribution in [1.29, 1.82) is 0 Å². The van der Waals surface area contributed by atoms with E-state index >= 15 is 0 Å². The molecule has 0 unspecified atom stereocenters. The fraction of sp³-hybridized carbons (Fsp3) is 0.238. The average molecular weight is 407 g/mol. The average Bonchev–Trinajstić information content (AvgIpc) is 3.33. The molecule has 0 saturated carbocycles. The number of benzene rings is 1. The molecule has 4 rings (SSSR count). The summed E-state index contributed by atoms with van der Waals surface area (Å²) >= 11 is 1.57. The second-order valence-electron chi connectivity index (χ2n) is 6.63. The van der Waals surface area contributed by atoms with Gasteiger partial charge in [-0.05, 0) is 57.2 Å². The molecule has 8 heteroatoms. The number of aromatic nitrogens is 4. The number of imidazole rings is 1. The molecule has 0 bridgehead atoms. The van der Waals surface area contributed by atoms with Crippen molar-refractivity contribution in [3.05, 3.63) is 65.6 Å². The van der Waals surface area contributed by atoms with Gasteiger partial charge in [0.05, 0.1) is 23.0 Å². The molecule has 7 nitrogen and oxygen atoms in total. The molecule has 1 N–H and O–H groups in total. The lowest BCUT2D eigenvalue weighted by Gasteiger charge is -2.07. The Morgan fingerprint density at radius 1 is 1.14 bits per heavy atom. The SMILES string of the molecule is CCn1c(CSc2nc(C)cc(C)n2)nc2cc(NC(=O)c3ccco3)ccc21. The van der Waals surface area contributed by atoms with E-state index in [0.717, 1.165) is 39.9 Å². The summed E-state index contributed by atoms with van der Waals surface area (Å²) in [5, 5.41) is 3.60. The number of fused-ring (bicyclic) bond motifs is 1. The summed E-state index contributed by atoms with van der Waals surface area (Å²) in [6.45, 7) is 6.84. The molecule has 0 radical (unpaired) electrons. The zero-order chi connectivity index (χ0) is 20.4. The Hall–Kier alpha value is -3.13. The first kappa shape index (κ1) is 19.2. The summed E-state index contributed by atoms with van der Waals surface area (Å²) in [6.07, 6.45) is 1.48. The highest BCUT2D eigenvalue weighted by atomic mass is 32.2. The van der Waals surface area contributed by atoms with Crippen molar-refractivity contribution in [2.45, 2.75) is 38.2 Å². The maximum Gasteiger partial charge on any atom is 0.291 e. The molecular weight excluding hydrogens is 386 g/mol. The third kappa shape index (κ3) is 4.17. The third-order valence-corrected chi connectivity index (χ3v) is 5.28. The van der Waals surface area contributed by atoms with Crippen LogP contribution in [0.25, 0.3) is 11.0 Å². The van der Waals surface area contributed by atoms with Gasteiger partial charge < -0.3 is 14.3 Å². The Morgan fingerprint density at radius 3 is 2.62 bits per heavy atom. The van der Waals surface area contributed by atoms with E-state index in [1.807, 2.05) is 38.1 Å². The molecule has 0 saturated heterocycles. The zero-order valence-corrected chi connectivity index (χ0v) is 17.3. The summed E-state index contributed by atoms with van der Waals surface area (Å²) in [4.78, 5) is 26.0. The molecule has 0 aliphatic heterocycles. The number of furan rings is 1.